The summed E-state index contributed by atoms with van der Waals surface area (Å²) in [5.41, 5.74) is 3.54. The van der Waals surface area contributed by atoms with Gasteiger partial charge in [0.05, 0.1) is 7.11 Å². The number of hydrogen-bond acceptors (Lipinski definition) is 7. The van der Waals surface area contributed by atoms with E-state index in [-0.39, 0.29) is 17.2 Å². The molecule has 0 radical (unpaired) electrons. The lowest BCUT2D eigenvalue weighted by molar-refractivity contribution is -0.118. The number of ketones is 1. The van der Waals surface area contributed by atoms with Crippen molar-refractivity contribution < 1.29 is 14.3 Å². The molecule has 0 amide bonds. The van der Waals surface area contributed by atoms with Crippen molar-refractivity contribution in [3.8, 4) is 11.5 Å². The molecule has 1 unspecified atom stereocenters. The van der Waals surface area contributed by atoms with Crippen LogP contribution in [-0.4, -0.2) is 33.4 Å². The van der Waals surface area contributed by atoms with E-state index < -0.39 is 0 Å². The fourth-order valence-electron chi connectivity index (χ4n) is 4.91. The maximum Gasteiger partial charge on any atom is 0.227 e. The number of carbonyl (C=O) groups excluding carboxylic acids is 1. The first kappa shape index (κ1) is 25.9. The van der Waals surface area contributed by atoms with E-state index in [0.717, 1.165) is 45.5 Å². The molecule has 7 nitrogen and oxygen atoms in total. The van der Waals surface area contributed by atoms with Gasteiger partial charge in [-0.1, -0.05) is 66.7 Å². The minimum Gasteiger partial charge on any atom is -0.493 e. The average molecular weight is 584 g/mol. The first-order valence-electron chi connectivity index (χ1n) is 12.5. The molecule has 9 heteroatoms. The number of allylic oxidation sites excluding steroid dienone is 2. The van der Waals surface area contributed by atoms with Crippen LogP contribution in [0, 0.1) is 5.41 Å². The summed E-state index contributed by atoms with van der Waals surface area (Å²) in [4.78, 5) is 18.3. The Morgan fingerprint density at radius 2 is 2.03 bits per heavy atom. The number of nitrogens with zero attached hydrogens (tertiary/aromatic N) is 3. The van der Waals surface area contributed by atoms with Crippen molar-refractivity contribution in [2.24, 2.45) is 5.41 Å². The molecule has 1 aliphatic heterocycles. The number of methoxy groups -OCH3 is 1. The van der Waals surface area contributed by atoms with Crippen molar-refractivity contribution in [2.75, 3.05) is 18.2 Å². The van der Waals surface area contributed by atoms with Crippen LogP contribution in [0.25, 0.3) is 0 Å². The van der Waals surface area contributed by atoms with Crippen molar-refractivity contribution >= 4 is 39.4 Å². The van der Waals surface area contributed by atoms with Gasteiger partial charge in [-0.15, -0.1) is 5.10 Å². The molecular formula is C28H31BrN4O3S. The van der Waals surface area contributed by atoms with Crippen LogP contribution in [0.3, 0.4) is 0 Å². The molecule has 5 rings (SSSR count). The van der Waals surface area contributed by atoms with Crippen molar-refractivity contribution in [1.82, 2.24) is 14.8 Å². The molecular weight excluding hydrogens is 552 g/mol. The lowest BCUT2D eigenvalue weighted by Crippen LogP contribution is -2.36. The minimum absolute atomic E-state index is 0.114. The fourth-order valence-corrected chi connectivity index (χ4v) is 6.04. The minimum atomic E-state index is -0.383. The van der Waals surface area contributed by atoms with E-state index in [1.54, 1.807) is 18.9 Å². The molecule has 0 spiro atoms. The summed E-state index contributed by atoms with van der Waals surface area (Å²) in [6.07, 6.45) is 2.31. The largest absolute Gasteiger partial charge is 0.493 e. The van der Waals surface area contributed by atoms with Crippen LogP contribution in [0.2, 0.25) is 0 Å². The third kappa shape index (κ3) is 5.43. The van der Waals surface area contributed by atoms with Crippen LogP contribution in [0.15, 0.2) is 63.4 Å². The Balaban J connectivity index is 1.52. The lowest BCUT2D eigenvalue weighted by Gasteiger charge is -2.38. The van der Waals surface area contributed by atoms with Gasteiger partial charge in [-0.25, -0.2) is 4.68 Å². The fraction of sp³-hybridized carbons (Fsp3) is 0.393. The second-order valence-corrected chi connectivity index (χ2v) is 12.2. The van der Waals surface area contributed by atoms with Crippen molar-refractivity contribution in [3.05, 3.63) is 69.3 Å². The maximum absolute atomic E-state index is 13.5. The molecule has 1 atom stereocenters. The molecule has 37 heavy (non-hydrogen) atoms. The molecule has 2 aliphatic rings. The van der Waals surface area contributed by atoms with Crippen LogP contribution in [0.5, 0.6) is 11.5 Å². The zero-order valence-electron chi connectivity index (χ0n) is 21.5. The smallest absolute Gasteiger partial charge is 0.227 e. The van der Waals surface area contributed by atoms with Crippen molar-refractivity contribution in [3.63, 3.8) is 0 Å². The maximum atomic E-state index is 13.5. The number of Topliss-reactive ketones (excluding diaryl/α,β-unsaturated/α-hetero) is 1. The molecule has 194 valence electrons. The van der Waals surface area contributed by atoms with Gasteiger partial charge in [0, 0.05) is 27.9 Å². The number of halogens is 1. The van der Waals surface area contributed by atoms with Crippen molar-refractivity contribution in [1.29, 1.82) is 0 Å². The number of anilines is 1. The normalized spacial score (nSPS) is 18.2. The number of ether oxygens (including phenoxy) is 2. The van der Waals surface area contributed by atoms with Gasteiger partial charge in [-0.05, 0) is 53.6 Å². The van der Waals surface area contributed by atoms with E-state index >= 15 is 0 Å². The third-order valence-corrected chi connectivity index (χ3v) is 8.07. The summed E-state index contributed by atoms with van der Waals surface area (Å²) in [5.74, 6) is 3.00. The van der Waals surface area contributed by atoms with E-state index in [9.17, 15) is 4.79 Å². The second kappa shape index (κ2) is 10.5. The number of rotatable bonds is 8. The van der Waals surface area contributed by atoms with Crippen LogP contribution < -0.4 is 14.8 Å². The molecule has 1 N–H and O–H groups in total. The van der Waals surface area contributed by atoms with E-state index in [0.29, 0.717) is 35.6 Å². The third-order valence-electron chi connectivity index (χ3n) is 6.53. The Morgan fingerprint density at radius 1 is 1.19 bits per heavy atom. The predicted octanol–water partition coefficient (Wildman–Crippen LogP) is 6.79. The number of hydrogen-bond donors (Lipinski definition) is 1. The highest BCUT2D eigenvalue weighted by Gasteiger charge is 2.42. The summed E-state index contributed by atoms with van der Waals surface area (Å²) in [6, 6.07) is 13.5. The SMILES string of the molecule is CCCSc1nc2n(n1)C(c1ccc(OCc3cccc(Br)c3)c(OC)c1)C1=C(CC(C)(C)CC1=O)N2. The van der Waals surface area contributed by atoms with Gasteiger partial charge in [0.15, 0.2) is 17.3 Å². The zero-order valence-corrected chi connectivity index (χ0v) is 23.9. The van der Waals surface area contributed by atoms with E-state index in [1.807, 2.05) is 47.1 Å². The molecule has 0 saturated heterocycles. The molecule has 1 aromatic heterocycles. The summed E-state index contributed by atoms with van der Waals surface area (Å²) >= 11 is 5.13. The van der Waals surface area contributed by atoms with Gasteiger partial charge >= 0.3 is 0 Å². The van der Waals surface area contributed by atoms with Crippen LogP contribution in [0.4, 0.5) is 5.95 Å². The first-order valence-corrected chi connectivity index (χ1v) is 14.2. The Hall–Kier alpha value is -2.78. The monoisotopic (exact) mass is 582 g/mol. The van der Waals surface area contributed by atoms with E-state index in [2.05, 4.69) is 42.0 Å². The summed E-state index contributed by atoms with van der Waals surface area (Å²) in [7, 11) is 1.63. The molecule has 2 aromatic carbocycles. The van der Waals surface area contributed by atoms with Crippen LogP contribution in [-0.2, 0) is 11.4 Å². The lowest BCUT2D eigenvalue weighted by atomic mass is 9.73. The Labute approximate surface area is 230 Å². The Morgan fingerprint density at radius 3 is 2.78 bits per heavy atom. The number of nitrogens with one attached hydrogen (secondary N) is 1. The molecule has 0 saturated carbocycles. The topological polar surface area (TPSA) is 78.3 Å². The van der Waals surface area contributed by atoms with E-state index in [1.165, 1.54) is 0 Å². The highest BCUT2D eigenvalue weighted by molar-refractivity contribution is 9.10. The number of thioether (sulfide) groups is 1. The van der Waals surface area contributed by atoms with Gasteiger partial charge in [-0.3, -0.25) is 4.79 Å². The second-order valence-electron chi connectivity index (χ2n) is 10.2. The van der Waals surface area contributed by atoms with Gasteiger partial charge in [0.1, 0.15) is 12.6 Å². The molecule has 1 aliphatic carbocycles. The summed E-state index contributed by atoms with van der Waals surface area (Å²) < 4.78 is 14.7. The number of benzene rings is 2. The number of carbonyl (C=O) groups is 1. The Kier molecular flexibility index (Phi) is 7.36. The van der Waals surface area contributed by atoms with Crippen LogP contribution >= 0.6 is 27.7 Å². The highest BCUT2D eigenvalue weighted by atomic mass is 79.9. The quantitative estimate of drug-likeness (QED) is 0.293. The zero-order chi connectivity index (χ0) is 26.2. The standard InChI is InChI=1S/C28H31BrN4O3S/c1-5-11-37-27-31-26-30-20-14-28(2,3)15-21(34)24(20)25(33(26)32-27)18-9-10-22(23(13-18)35-4)36-16-17-7-6-8-19(29)12-17/h6-10,12-13,25H,5,11,14-16H2,1-4H3,(H,30,31,32). The molecule has 3 aromatic rings. The van der Waals surface area contributed by atoms with Gasteiger partial charge < -0.3 is 14.8 Å². The van der Waals surface area contributed by atoms with E-state index in [4.69, 9.17) is 19.6 Å². The van der Waals surface area contributed by atoms with Gasteiger partial charge in [-0.2, -0.15) is 4.98 Å². The highest BCUT2D eigenvalue weighted by Crippen LogP contribution is 2.46. The van der Waals surface area contributed by atoms with Crippen LogP contribution in [0.1, 0.15) is 57.2 Å². The Bertz CT molecular complexity index is 1370. The molecule has 2 heterocycles. The van der Waals surface area contributed by atoms with Crippen molar-refractivity contribution in [2.45, 2.75) is 57.8 Å². The number of aromatic nitrogens is 3. The summed E-state index contributed by atoms with van der Waals surface area (Å²) in [6.45, 7) is 6.81. The van der Waals surface area contributed by atoms with Gasteiger partial charge in [0.2, 0.25) is 11.1 Å². The number of fused-ring (bicyclic) bond motifs is 1. The average Bonchev–Trinajstić information content (AvgIpc) is 3.26. The predicted molar refractivity (Wildman–Crippen MR) is 149 cm³/mol. The first-order chi connectivity index (χ1) is 17.8. The molecule has 0 bridgehead atoms. The molecule has 0 fully saturated rings. The summed E-state index contributed by atoms with van der Waals surface area (Å²) in [5, 5.41) is 8.96. The van der Waals surface area contributed by atoms with Gasteiger partial charge in [0.25, 0.3) is 0 Å².